The second-order valence-corrected chi connectivity index (χ2v) is 7.78. The average molecular weight is 463 g/mol. The van der Waals surface area contributed by atoms with Gasteiger partial charge < -0.3 is 15.4 Å². The molecule has 0 saturated carbocycles. The van der Waals surface area contributed by atoms with E-state index in [1.807, 2.05) is 0 Å². The van der Waals surface area contributed by atoms with Gasteiger partial charge in [0.25, 0.3) is 5.91 Å². The van der Waals surface area contributed by atoms with E-state index in [4.69, 9.17) is 27.9 Å². The summed E-state index contributed by atoms with van der Waals surface area (Å²) in [6.45, 7) is 0.180. The zero-order valence-electron chi connectivity index (χ0n) is 16.3. The van der Waals surface area contributed by atoms with E-state index in [1.165, 1.54) is 30.0 Å². The number of halogens is 3. The first kappa shape index (κ1) is 21.3. The number of nitrogens with one attached hydrogen (secondary N) is 2. The van der Waals surface area contributed by atoms with E-state index in [2.05, 4.69) is 15.7 Å². The van der Waals surface area contributed by atoms with Crippen LogP contribution in [0.1, 0.15) is 18.2 Å². The minimum absolute atomic E-state index is 0.168. The Morgan fingerprint density at radius 3 is 2.71 bits per heavy atom. The first-order valence-electron chi connectivity index (χ1n) is 9.29. The molecule has 31 heavy (non-hydrogen) atoms. The molecule has 1 aliphatic rings. The Labute approximate surface area is 187 Å². The second-order valence-electron chi connectivity index (χ2n) is 6.94. The van der Waals surface area contributed by atoms with E-state index in [0.717, 1.165) is 0 Å². The maximum atomic E-state index is 13.4. The summed E-state index contributed by atoms with van der Waals surface area (Å²) in [4.78, 5) is 25.2. The molecule has 4 rings (SSSR count). The van der Waals surface area contributed by atoms with E-state index >= 15 is 0 Å². The van der Waals surface area contributed by atoms with Crippen LogP contribution in [-0.4, -0.2) is 28.7 Å². The number of aromatic nitrogens is 2. The van der Waals surface area contributed by atoms with Crippen LogP contribution < -0.4 is 10.6 Å². The van der Waals surface area contributed by atoms with Crippen LogP contribution in [0.4, 0.5) is 15.9 Å². The molecule has 2 aromatic carbocycles. The number of anilines is 2. The van der Waals surface area contributed by atoms with Gasteiger partial charge in [-0.1, -0.05) is 35.3 Å². The van der Waals surface area contributed by atoms with Crippen molar-refractivity contribution >= 4 is 46.5 Å². The lowest BCUT2D eigenvalue weighted by atomic mass is 10.1. The zero-order valence-corrected chi connectivity index (χ0v) is 17.8. The highest BCUT2D eigenvalue weighted by Crippen LogP contribution is 2.39. The lowest BCUT2D eigenvalue weighted by Crippen LogP contribution is -2.24. The third-order valence-corrected chi connectivity index (χ3v) is 5.38. The van der Waals surface area contributed by atoms with E-state index in [1.54, 1.807) is 24.3 Å². The molecule has 1 aromatic heterocycles. The SMILES string of the molecule is COCc1nn2c(c1-c1ccc(F)cc1)NC(=O)C2CC(=O)Nc1cc(Cl)ccc1Cl. The third kappa shape index (κ3) is 4.27. The number of hydrogen-bond acceptors (Lipinski definition) is 4. The highest BCUT2D eigenvalue weighted by Gasteiger charge is 2.37. The van der Waals surface area contributed by atoms with Crippen LogP contribution >= 0.6 is 23.2 Å². The highest BCUT2D eigenvalue weighted by atomic mass is 35.5. The summed E-state index contributed by atoms with van der Waals surface area (Å²) in [5.74, 6) is -0.743. The molecule has 0 radical (unpaired) electrons. The lowest BCUT2D eigenvalue weighted by Gasteiger charge is -2.11. The average Bonchev–Trinajstić information content (AvgIpc) is 3.21. The number of ether oxygens (including phenoxy) is 1. The van der Waals surface area contributed by atoms with Gasteiger partial charge in [-0.05, 0) is 35.9 Å². The molecule has 2 amide bonds. The molecule has 0 saturated heterocycles. The molecule has 0 aliphatic carbocycles. The van der Waals surface area contributed by atoms with E-state index in [0.29, 0.717) is 38.4 Å². The number of carbonyl (C=O) groups excluding carboxylic acids is 2. The molecule has 7 nitrogen and oxygen atoms in total. The molecule has 2 heterocycles. The Morgan fingerprint density at radius 2 is 2.00 bits per heavy atom. The van der Waals surface area contributed by atoms with Gasteiger partial charge >= 0.3 is 0 Å². The minimum atomic E-state index is -0.863. The number of amides is 2. The maximum absolute atomic E-state index is 13.4. The standard InChI is InChI=1S/C21H17Cl2FN4O3/c1-31-10-16-19(11-2-5-13(24)6-3-11)20-26-21(30)17(28(20)27-16)9-18(29)25-15-8-12(22)4-7-14(15)23/h2-8,17H,9-10H2,1H3,(H,25,29)(H,26,30). The van der Waals surface area contributed by atoms with Crippen molar-refractivity contribution in [3.63, 3.8) is 0 Å². The molecule has 0 spiro atoms. The molecule has 10 heteroatoms. The summed E-state index contributed by atoms with van der Waals surface area (Å²) in [6, 6.07) is 9.68. The Hall–Kier alpha value is -2.94. The fourth-order valence-electron chi connectivity index (χ4n) is 3.44. The van der Waals surface area contributed by atoms with Crippen molar-refractivity contribution in [1.29, 1.82) is 0 Å². The third-order valence-electron chi connectivity index (χ3n) is 4.82. The van der Waals surface area contributed by atoms with Crippen LogP contribution in [-0.2, 0) is 20.9 Å². The molecular formula is C21H17Cl2FN4O3. The van der Waals surface area contributed by atoms with Gasteiger partial charge in [0.15, 0.2) is 0 Å². The molecule has 2 N–H and O–H groups in total. The van der Waals surface area contributed by atoms with Crippen LogP contribution in [0.3, 0.4) is 0 Å². The maximum Gasteiger partial charge on any atom is 0.251 e. The Kier molecular flexibility index (Phi) is 5.95. The van der Waals surface area contributed by atoms with Gasteiger partial charge in [-0.15, -0.1) is 0 Å². The number of fused-ring (bicyclic) bond motifs is 1. The Bertz CT molecular complexity index is 1160. The topological polar surface area (TPSA) is 85.2 Å². The molecule has 3 aromatic rings. The van der Waals surface area contributed by atoms with Crippen molar-refractivity contribution in [3.8, 4) is 11.1 Å². The van der Waals surface area contributed by atoms with E-state index in [-0.39, 0.29) is 24.8 Å². The van der Waals surface area contributed by atoms with Gasteiger partial charge in [-0.25, -0.2) is 9.07 Å². The fraction of sp³-hybridized carbons (Fsp3) is 0.190. The van der Waals surface area contributed by atoms with Crippen molar-refractivity contribution in [2.75, 3.05) is 17.7 Å². The summed E-state index contributed by atoms with van der Waals surface area (Å²) < 4.78 is 20.1. The summed E-state index contributed by atoms with van der Waals surface area (Å²) in [5, 5.41) is 10.7. The van der Waals surface area contributed by atoms with Gasteiger partial charge in [0.2, 0.25) is 5.91 Å². The summed E-state index contributed by atoms with van der Waals surface area (Å²) >= 11 is 12.0. The van der Waals surface area contributed by atoms with Gasteiger partial charge in [0, 0.05) is 17.7 Å². The summed E-state index contributed by atoms with van der Waals surface area (Å²) in [7, 11) is 1.52. The number of rotatable bonds is 6. The first-order chi connectivity index (χ1) is 14.9. The summed E-state index contributed by atoms with van der Waals surface area (Å²) in [5.41, 5.74) is 2.21. The van der Waals surface area contributed by atoms with Crippen LogP contribution in [0.25, 0.3) is 11.1 Å². The molecule has 1 aliphatic heterocycles. The van der Waals surface area contributed by atoms with E-state index in [9.17, 15) is 14.0 Å². The number of nitrogens with zero attached hydrogens (tertiary/aromatic N) is 2. The molecule has 1 unspecified atom stereocenters. The minimum Gasteiger partial charge on any atom is -0.378 e. The quantitative estimate of drug-likeness (QED) is 0.557. The monoisotopic (exact) mass is 462 g/mol. The number of carbonyl (C=O) groups is 2. The van der Waals surface area contributed by atoms with Crippen LogP contribution in [0.5, 0.6) is 0 Å². The Balaban J connectivity index is 1.63. The molecule has 1 atom stereocenters. The molecule has 160 valence electrons. The van der Waals surface area contributed by atoms with Crippen LogP contribution in [0.15, 0.2) is 42.5 Å². The second kappa shape index (κ2) is 8.66. The van der Waals surface area contributed by atoms with Gasteiger partial charge in [-0.3, -0.25) is 9.59 Å². The molecule has 0 fully saturated rings. The largest absolute Gasteiger partial charge is 0.378 e. The smallest absolute Gasteiger partial charge is 0.251 e. The first-order valence-corrected chi connectivity index (χ1v) is 10.0. The van der Waals surface area contributed by atoms with Crippen molar-refractivity contribution in [3.05, 3.63) is 64.0 Å². The Morgan fingerprint density at radius 1 is 1.26 bits per heavy atom. The van der Waals surface area contributed by atoms with Crippen LogP contribution in [0.2, 0.25) is 10.0 Å². The number of methoxy groups -OCH3 is 1. The van der Waals surface area contributed by atoms with Crippen LogP contribution in [0, 0.1) is 5.82 Å². The predicted octanol–water partition coefficient (Wildman–Crippen LogP) is 4.66. The normalized spacial score (nSPS) is 15.0. The fourth-order valence-corrected chi connectivity index (χ4v) is 3.78. The predicted molar refractivity (Wildman–Crippen MR) is 116 cm³/mol. The zero-order chi connectivity index (χ0) is 22.1. The van der Waals surface area contributed by atoms with Crippen molar-refractivity contribution < 1.29 is 18.7 Å². The van der Waals surface area contributed by atoms with Gasteiger partial charge in [0.05, 0.1) is 29.4 Å². The highest BCUT2D eigenvalue weighted by molar-refractivity contribution is 6.35. The van der Waals surface area contributed by atoms with Crippen molar-refractivity contribution in [2.45, 2.75) is 19.1 Å². The summed E-state index contributed by atoms with van der Waals surface area (Å²) in [6.07, 6.45) is -0.168. The van der Waals surface area contributed by atoms with Gasteiger partial charge in [-0.2, -0.15) is 5.10 Å². The number of benzene rings is 2. The molecular weight excluding hydrogens is 446 g/mol. The molecule has 0 bridgehead atoms. The van der Waals surface area contributed by atoms with E-state index < -0.39 is 11.9 Å². The lowest BCUT2D eigenvalue weighted by molar-refractivity contribution is -0.123. The van der Waals surface area contributed by atoms with Crippen molar-refractivity contribution in [2.24, 2.45) is 0 Å². The van der Waals surface area contributed by atoms with Crippen molar-refractivity contribution in [1.82, 2.24) is 9.78 Å². The number of hydrogen-bond donors (Lipinski definition) is 2. The van der Waals surface area contributed by atoms with Gasteiger partial charge in [0.1, 0.15) is 17.7 Å².